The van der Waals surface area contributed by atoms with Crippen LogP contribution in [0.25, 0.3) is 0 Å². The van der Waals surface area contributed by atoms with Gasteiger partial charge < -0.3 is 4.48 Å². The Bertz CT molecular complexity index is 572. The summed E-state index contributed by atoms with van der Waals surface area (Å²) in [7, 11) is 2.49. The van der Waals surface area contributed by atoms with Gasteiger partial charge in [-0.1, -0.05) is 79.7 Å². The number of nitrogens with zero attached hydrogens (tertiary/aromatic N) is 1. The Hall–Kier alpha value is -0.820. The normalized spacial score (nSPS) is 28.3. The molecule has 1 saturated heterocycles. The van der Waals surface area contributed by atoms with Crippen molar-refractivity contribution < 1.29 is 4.48 Å². The van der Waals surface area contributed by atoms with Crippen LogP contribution in [0.2, 0.25) is 0 Å². The number of likely N-dealkylation sites (tertiary alicyclic amines) is 1. The van der Waals surface area contributed by atoms with Crippen molar-refractivity contribution in [1.29, 1.82) is 0 Å². The second kappa shape index (κ2) is 7.66. The minimum atomic E-state index is 0.244. The van der Waals surface area contributed by atoms with Gasteiger partial charge in [0.05, 0.1) is 26.7 Å². The van der Waals surface area contributed by atoms with E-state index in [1.807, 2.05) is 0 Å². The molecule has 1 aliphatic rings. The van der Waals surface area contributed by atoms with E-state index in [1.54, 1.807) is 5.56 Å². The van der Waals surface area contributed by atoms with Gasteiger partial charge in [0.15, 0.2) is 0 Å². The molecule has 0 radical (unpaired) electrons. The van der Waals surface area contributed by atoms with Crippen molar-refractivity contribution in [3.05, 3.63) is 35.4 Å². The van der Waals surface area contributed by atoms with E-state index in [9.17, 15) is 0 Å². The van der Waals surface area contributed by atoms with Crippen LogP contribution in [0.5, 0.6) is 0 Å². The quantitative estimate of drug-likeness (QED) is 0.518. The highest BCUT2D eigenvalue weighted by Crippen LogP contribution is 2.37. The molecule has 1 heterocycles. The summed E-state index contributed by atoms with van der Waals surface area (Å²) < 4.78 is 1.25. The molecular weight excluding hydrogens is 314 g/mol. The van der Waals surface area contributed by atoms with Crippen LogP contribution in [0.1, 0.15) is 85.3 Å². The summed E-state index contributed by atoms with van der Waals surface area (Å²) in [6, 6.07) is 9.52. The lowest BCUT2D eigenvalue weighted by Gasteiger charge is -2.32. The van der Waals surface area contributed by atoms with Crippen LogP contribution in [0.3, 0.4) is 0 Å². The summed E-state index contributed by atoms with van der Waals surface area (Å²) in [6.07, 6.45) is 2.69. The Morgan fingerprint density at radius 2 is 1.58 bits per heavy atom. The van der Waals surface area contributed by atoms with Gasteiger partial charge in [-0.25, -0.2) is 0 Å². The van der Waals surface area contributed by atoms with Crippen molar-refractivity contribution in [3.8, 4) is 0 Å². The average molecular weight is 359 g/mol. The maximum absolute atomic E-state index is 2.49. The third-order valence-corrected chi connectivity index (χ3v) is 6.38. The maximum atomic E-state index is 2.49. The lowest BCUT2D eigenvalue weighted by Crippen LogP contribution is -2.43. The molecular formula is C25H44N+. The summed E-state index contributed by atoms with van der Waals surface area (Å²) in [5, 5.41) is 0. The first-order chi connectivity index (χ1) is 11.8. The smallest absolute Gasteiger partial charge is 0.0859 e. The van der Waals surface area contributed by atoms with Crippen LogP contribution >= 0.6 is 0 Å². The molecule has 0 amide bonds. The van der Waals surface area contributed by atoms with Crippen LogP contribution in [-0.4, -0.2) is 31.2 Å². The van der Waals surface area contributed by atoms with Gasteiger partial charge in [0.25, 0.3) is 0 Å². The highest BCUT2D eigenvalue weighted by atomic mass is 15.3. The molecule has 26 heavy (non-hydrogen) atoms. The molecule has 0 aromatic heterocycles. The van der Waals surface area contributed by atoms with Gasteiger partial charge in [0.2, 0.25) is 0 Å². The minimum absolute atomic E-state index is 0.244. The Kier molecular flexibility index (Phi) is 6.33. The summed E-state index contributed by atoms with van der Waals surface area (Å²) in [4.78, 5) is 0. The summed E-state index contributed by atoms with van der Waals surface area (Å²) in [6.45, 7) is 22.9. The summed E-state index contributed by atoms with van der Waals surface area (Å²) >= 11 is 0. The van der Waals surface area contributed by atoms with Gasteiger partial charge in [0.1, 0.15) is 0 Å². The van der Waals surface area contributed by atoms with E-state index >= 15 is 0 Å². The van der Waals surface area contributed by atoms with Gasteiger partial charge in [-0.2, -0.15) is 0 Å². The monoisotopic (exact) mass is 358 g/mol. The molecule has 0 spiro atoms. The van der Waals surface area contributed by atoms with Crippen LogP contribution in [0.4, 0.5) is 0 Å². The molecule has 0 bridgehead atoms. The zero-order valence-corrected chi connectivity index (χ0v) is 19.0. The molecule has 148 valence electrons. The van der Waals surface area contributed by atoms with E-state index in [0.29, 0.717) is 11.3 Å². The largest absolute Gasteiger partial charge is 0.325 e. The third-order valence-electron chi connectivity index (χ3n) is 6.38. The Morgan fingerprint density at radius 3 is 2.08 bits per heavy atom. The van der Waals surface area contributed by atoms with Crippen molar-refractivity contribution in [1.82, 2.24) is 0 Å². The van der Waals surface area contributed by atoms with E-state index in [1.165, 1.54) is 42.5 Å². The van der Waals surface area contributed by atoms with Crippen molar-refractivity contribution in [2.45, 2.75) is 79.6 Å². The van der Waals surface area contributed by atoms with Gasteiger partial charge in [-0.05, 0) is 40.7 Å². The molecule has 1 fully saturated rings. The first-order valence-electron chi connectivity index (χ1n) is 10.7. The molecule has 1 aliphatic heterocycles. The first kappa shape index (κ1) is 21.5. The molecule has 0 aliphatic carbocycles. The predicted octanol–water partition coefficient (Wildman–Crippen LogP) is 6.63. The van der Waals surface area contributed by atoms with E-state index in [0.717, 1.165) is 11.8 Å². The van der Waals surface area contributed by atoms with Crippen LogP contribution in [0.15, 0.2) is 24.3 Å². The van der Waals surface area contributed by atoms with Crippen molar-refractivity contribution >= 4 is 0 Å². The SMILES string of the molecule is CC(CC[N+]1(C)CC(C)C(c2ccc(C(C)(C)C)cc2)C1)CC(C)(C)C. The van der Waals surface area contributed by atoms with Crippen molar-refractivity contribution in [2.24, 2.45) is 17.3 Å². The van der Waals surface area contributed by atoms with E-state index in [-0.39, 0.29) is 5.41 Å². The topological polar surface area (TPSA) is 0 Å². The van der Waals surface area contributed by atoms with Gasteiger partial charge >= 0.3 is 0 Å². The van der Waals surface area contributed by atoms with Gasteiger partial charge in [0, 0.05) is 11.8 Å². The number of hydrogen-bond acceptors (Lipinski definition) is 0. The second-order valence-corrected chi connectivity index (χ2v) is 11.8. The van der Waals surface area contributed by atoms with E-state index in [4.69, 9.17) is 0 Å². The molecule has 1 aromatic carbocycles. The fourth-order valence-corrected chi connectivity index (χ4v) is 5.08. The lowest BCUT2D eigenvalue weighted by atomic mass is 9.84. The first-order valence-corrected chi connectivity index (χ1v) is 10.7. The standard InChI is InChI=1S/C25H44N/c1-19(16-24(3,4)5)14-15-26(9)17-20(2)23(18-26)21-10-12-22(13-11-21)25(6,7)8/h10-13,19-20,23H,14-18H2,1-9H3/q+1. The fourth-order valence-electron chi connectivity index (χ4n) is 5.08. The second-order valence-electron chi connectivity index (χ2n) is 11.8. The van der Waals surface area contributed by atoms with Crippen molar-refractivity contribution in [2.75, 3.05) is 26.7 Å². The maximum Gasteiger partial charge on any atom is 0.0859 e. The lowest BCUT2D eigenvalue weighted by molar-refractivity contribution is -0.900. The predicted molar refractivity (Wildman–Crippen MR) is 116 cm³/mol. The number of rotatable bonds is 5. The van der Waals surface area contributed by atoms with Gasteiger partial charge in [-0.15, -0.1) is 0 Å². The molecule has 4 atom stereocenters. The summed E-state index contributed by atoms with van der Waals surface area (Å²) in [5.41, 5.74) is 3.69. The Morgan fingerprint density at radius 1 is 1.00 bits per heavy atom. The Labute approximate surface area is 163 Å². The molecule has 0 N–H and O–H groups in total. The van der Waals surface area contributed by atoms with Gasteiger partial charge in [-0.3, -0.25) is 0 Å². The zero-order chi connectivity index (χ0) is 19.8. The summed E-state index contributed by atoms with van der Waals surface area (Å²) in [5.74, 6) is 2.32. The average Bonchev–Trinajstić information content (AvgIpc) is 2.79. The highest BCUT2D eigenvalue weighted by Gasteiger charge is 2.40. The molecule has 0 saturated carbocycles. The fraction of sp³-hybridized carbons (Fsp3) is 0.760. The molecule has 1 heteroatoms. The highest BCUT2D eigenvalue weighted by molar-refractivity contribution is 5.30. The van der Waals surface area contributed by atoms with Crippen LogP contribution in [-0.2, 0) is 5.41 Å². The van der Waals surface area contributed by atoms with Crippen LogP contribution < -0.4 is 0 Å². The zero-order valence-electron chi connectivity index (χ0n) is 19.0. The molecule has 2 rings (SSSR count). The minimum Gasteiger partial charge on any atom is -0.325 e. The molecule has 4 unspecified atom stereocenters. The van der Waals surface area contributed by atoms with E-state index in [2.05, 4.69) is 86.7 Å². The molecule has 1 aromatic rings. The number of hydrogen-bond donors (Lipinski definition) is 0. The Balaban J connectivity index is 1.99. The number of likely N-dealkylation sites (N-methyl/N-ethyl adjacent to an activating group) is 1. The van der Waals surface area contributed by atoms with E-state index < -0.39 is 0 Å². The number of benzene rings is 1. The third kappa shape index (κ3) is 5.84. The van der Waals surface area contributed by atoms with Crippen molar-refractivity contribution in [3.63, 3.8) is 0 Å². The molecule has 1 nitrogen and oxygen atoms in total. The van der Waals surface area contributed by atoms with Crippen LogP contribution in [0, 0.1) is 17.3 Å². The number of quaternary nitrogens is 1.